The van der Waals surface area contributed by atoms with Gasteiger partial charge in [0.15, 0.2) is 0 Å². The molecule has 1 atom stereocenters. The number of carbonyl (C=O) groups excluding carboxylic acids is 1. The van der Waals surface area contributed by atoms with Gasteiger partial charge >= 0.3 is 0 Å². The summed E-state index contributed by atoms with van der Waals surface area (Å²) in [6.45, 7) is 1.84. The van der Waals surface area contributed by atoms with Gasteiger partial charge < -0.3 is 5.32 Å². The van der Waals surface area contributed by atoms with Crippen LogP contribution in [0.5, 0.6) is 0 Å². The van der Waals surface area contributed by atoms with E-state index in [0.29, 0.717) is 11.3 Å². The van der Waals surface area contributed by atoms with Crippen LogP contribution in [0.25, 0.3) is 0 Å². The van der Waals surface area contributed by atoms with Crippen molar-refractivity contribution in [1.29, 1.82) is 0 Å². The highest BCUT2D eigenvalue weighted by Gasteiger charge is 2.28. The number of hydrogen-bond donors (Lipinski definition) is 1. The molecule has 0 unspecified atom stereocenters. The second kappa shape index (κ2) is 10.1. The smallest absolute Gasteiger partial charge is 0.269 e. The van der Waals surface area contributed by atoms with Gasteiger partial charge in [0.25, 0.3) is 15.7 Å². The van der Waals surface area contributed by atoms with Gasteiger partial charge in [-0.15, -0.1) is 0 Å². The molecule has 0 saturated carbocycles. The van der Waals surface area contributed by atoms with Crippen molar-refractivity contribution in [2.24, 2.45) is 0 Å². The van der Waals surface area contributed by atoms with Crippen LogP contribution in [0.15, 0.2) is 82.2 Å². The van der Waals surface area contributed by atoms with Crippen LogP contribution in [0.3, 0.4) is 0 Å². The average Bonchev–Trinajstić information content (AvgIpc) is 2.79. The summed E-state index contributed by atoms with van der Waals surface area (Å²) < 4.78 is 27.5. The Bertz CT molecular complexity index is 1240. The van der Waals surface area contributed by atoms with Crippen molar-refractivity contribution in [3.8, 4) is 0 Å². The number of nitrogens with zero attached hydrogens (tertiary/aromatic N) is 2. The third-order valence-electron chi connectivity index (χ3n) is 5.10. The fraction of sp³-hybridized carbons (Fsp3) is 0.174. The van der Waals surface area contributed by atoms with Crippen molar-refractivity contribution in [2.75, 3.05) is 12.4 Å². The number of sulfonamides is 1. The topological polar surface area (TPSA) is 110 Å². The number of hydrogen-bond acceptors (Lipinski definition) is 6. The number of nitrogens with one attached hydrogen (secondary N) is 1. The third-order valence-corrected chi connectivity index (χ3v) is 7.42. The number of non-ortho nitro benzene ring substituents is 1. The number of halogens is 1. The predicted molar refractivity (Wildman–Crippen MR) is 129 cm³/mol. The Morgan fingerprint density at radius 1 is 1.03 bits per heavy atom. The molecule has 0 fully saturated rings. The van der Waals surface area contributed by atoms with Crippen molar-refractivity contribution in [3.63, 3.8) is 0 Å². The Hall–Kier alpha value is -3.24. The average molecular weight is 532 g/mol. The second-order valence-corrected chi connectivity index (χ2v) is 10.3. The normalized spacial score (nSPS) is 12.1. The van der Waals surface area contributed by atoms with E-state index < -0.39 is 26.9 Å². The SMILES string of the molecule is Cc1ccc(S(=O)(=O)N(C)C(=O)C[C@H](Nc2ccc(Br)cc2)c2ccc([N+](=O)[O-])cc2)cc1. The fourth-order valence-corrected chi connectivity index (χ4v) is 4.54. The van der Waals surface area contributed by atoms with Crippen LogP contribution in [0.1, 0.15) is 23.6 Å². The Kier molecular flexibility index (Phi) is 7.50. The molecule has 0 radical (unpaired) electrons. The lowest BCUT2D eigenvalue weighted by molar-refractivity contribution is -0.384. The van der Waals surface area contributed by atoms with E-state index in [1.165, 1.54) is 31.3 Å². The zero-order valence-corrected chi connectivity index (χ0v) is 20.3. The summed E-state index contributed by atoms with van der Waals surface area (Å²) >= 11 is 3.37. The van der Waals surface area contributed by atoms with Gasteiger partial charge in [0.2, 0.25) is 5.91 Å². The standard InChI is InChI=1S/C23H22BrN3O5S/c1-16-3-13-21(14-4-16)33(31,32)26(2)23(28)15-22(25-19-9-7-18(24)8-10-19)17-5-11-20(12-6-17)27(29)30/h3-14,22,25H,15H2,1-2H3/t22-/m0/s1. The minimum atomic E-state index is -4.02. The molecule has 0 spiro atoms. The van der Waals surface area contributed by atoms with Gasteiger partial charge in [-0.3, -0.25) is 14.9 Å². The van der Waals surface area contributed by atoms with E-state index in [4.69, 9.17) is 0 Å². The second-order valence-electron chi connectivity index (χ2n) is 7.44. The third kappa shape index (κ3) is 5.96. The molecule has 1 N–H and O–H groups in total. The van der Waals surface area contributed by atoms with E-state index in [1.54, 1.807) is 36.4 Å². The summed E-state index contributed by atoms with van der Waals surface area (Å²) in [5.41, 5.74) is 2.14. The highest BCUT2D eigenvalue weighted by Crippen LogP contribution is 2.27. The van der Waals surface area contributed by atoms with Crippen LogP contribution < -0.4 is 5.32 Å². The molecule has 33 heavy (non-hydrogen) atoms. The lowest BCUT2D eigenvalue weighted by Gasteiger charge is -2.24. The van der Waals surface area contributed by atoms with E-state index in [0.717, 1.165) is 14.3 Å². The van der Waals surface area contributed by atoms with Crippen molar-refractivity contribution >= 4 is 43.2 Å². The summed E-state index contributed by atoms with van der Waals surface area (Å²) in [6.07, 6.45) is -0.185. The van der Waals surface area contributed by atoms with Crippen LogP contribution in [-0.4, -0.2) is 30.6 Å². The van der Waals surface area contributed by atoms with E-state index >= 15 is 0 Å². The molecule has 0 aliphatic heterocycles. The zero-order valence-electron chi connectivity index (χ0n) is 17.9. The number of carbonyl (C=O) groups is 1. The van der Waals surface area contributed by atoms with Gasteiger partial charge in [-0.1, -0.05) is 45.8 Å². The van der Waals surface area contributed by atoms with Crippen molar-refractivity contribution in [3.05, 3.63) is 98.5 Å². The molecule has 0 saturated heterocycles. The van der Waals surface area contributed by atoms with Gasteiger partial charge in [0.1, 0.15) is 0 Å². The molecule has 8 nitrogen and oxygen atoms in total. The fourth-order valence-electron chi connectivity index (χ4n) is 3.13. The highest BCUT2D eigenvalue weighted by atomic mass is 79.9. The molecule has 172 valence electrons. The molecule has 0 aliphatic carbocycles. The van der Waals surface area contributed by atoms with E-state index in [1.807, 2.05) is 19.1 Å². The number of nitro groups is 1. The Morgan fingerprint density at radius 3 is 2.15 bits per heavy atom. The number of rotatable bonds is 8. The van der Waals surface area contributed by atoms with Crippen LogP contribution in [-0.2, 0) is 14.8 Å². The molecular weight excluding hydrogens is 510 g/mol. The maximum atomic E-state index is 13.0. The first kappa shape index (κ1) is 24.4. The van der Waals surface area contributed by atoms with Gasteiger partial charge in [0.05, 0.1) is 22.3 Å². The minimum absolute atomic E-state index is 0.0247. The molecule has 3 aromatic carbocycles. The summed E-state index contributed by atoms with van der Waals surface area (Å²) in [7, 11) is -2.79. The summed E-state index contributed by atoms with van der Waals surface area (Å²) in [6, 6.07) is 18.7. The maximum absolute atomic E-state index is 13.0. The lowest BCUT2D eigenvalue weighted by Crippen LogP contribution is -2.35. The molecular formula is C23H22BrN3O5S. The monoisotopic (exact) mass is 531 g/mol. The molecule has 10 heteroatoms. The number of anilines is 1. The lowest BCUT2D eigenvalue weighted by atomic mass is 10.0. The van der Waals surface area contributed by atoms with Crippen molar-refractivity contribution in [1.82, 2.24) is 4.31 Å². The van der Waals surface area contributed by atoms with E-state index in [9.17, 15) is 23.3 Å². The molecule has 3 rings (SSSR count). The minimum Gasteiger partial charge on any atom is -0.378 e. The number of aryl methyl sites for hydroxylation is 1. The van der Waals surface area contributed by atoms with Gasteiger partial charge in [-0.05, 0) is 48.9 Å². The van der Waals surface area contributed by atoms with Crippen molar-refractivity contribution < 1.29 is 18.1 Å². The largest absolute Gasteiger partial charge is 0.378 e. The zero-order chi connectivity index (χ0) is 24.2. The van der Waals surface area contributed by atoms with E-state index in [2.05, 4.69) is 21.2 Å². The Labute approximate surface area is 200 Å². The first-order chi connectivity index (χ1) is 15.6. The van der Waals surface area contributed by atoms with Gasteiger partial charge in [0, 0.05) is 29.3 Å². The first-order valence-electron chi connectivity index (χ1n) is 9.93. The number of nitro benzene ring substituents is 1. The van der Waals surface area contributed by atoms with Crippen LogP contribution in [0.2, 0.25) is 0 Å². The molecule has 0 aromatic heterocycles. The quantitative estimate of drug-likeness (QED) is 0.321. The Morgan fingerprint density at radius 2 is 1.61 bits per heavy atom. The van der Waals surface area contributed by atoms with Gasteiger partial charge in [-0.2, -0.15) is 0 Å². The number of benzene rings is 3. The highest BCUT2D eigenvalue weighted by molar-refractivity contribution is 9.10. The van der Waals surface area contributed by atoms with E-state index in [-0.39, 0.29) is 17.0 Å². The molecule has 0 bridgehead atoms. The molecule has 0 heterocycles. The van der Waals surface area contributed by atoms with Crippen LogP contribution in [0.4, 0.5) is 11.4 Å². The predicted octanol–water partition coefficient (Wildman–Crippen LogP) is 5.06. The van der Waals surface area contributed by atoms with Crippen LogP contribution in [0, 0.1) is 17.0 Å². The first-order valence-corrected chi connectivity index (χ1v) is 12.2. The van der Waals surface area contributed by atoms with Crippen LogP contribution >= 0.6 is 15.9 Å². The summed E-state index contributed by atoms with van der Waals surface area (Å²) in [5.74, 6) is -0.622. The molecule has 0 aliphatic rings. The van der Waals surface area contributed by atoms with Gasteiger partial charge in [-0.25, -0.2) is 12.7 Å². The van der Waals surface area contributed by atoms with Crippen molar-refractivity contribution in [2.45, 2.75) is 24.3 Å². The summed E-state index contributed by atoms with van der Waals surface area (Å²) in [5, 5.41) is 14.2. The maximum Gasteiger partial charge on any atom is 0.269 e. The Balaban J connectivity index is 1.87. The molecule has 1 amide bonds. The number of amides is 1. The summed E-state index contributed by atoms with van der Waals surface area (Å²) in [4.78, 5) is 23.5. The molecule has 3 aromatic rings.